The molecule has 0 unspecified atom stereocenters. The van der Waals surface area contributed by atoms with E-state index >= 15 is 0 Å². The second-order valence-corrected chi connectivity index (χ2v) is 8.11. The van der Waals surface area contributed by atoms with E-state index in [-0.39, 0.29) is 17.7 Å². The van der Waals surface area contributed by atoms with Crippen LogP contribution in [0.25, 0.3) is 27.9 Å². The Balaban J connectivity index is 1.58. The standard InChI is InChI=1S/C24H21ClN6O3/c1-33-13-18-20(16-7-9-17(25)10-8-16)22-28-27-21-23(31(22)29-18)26-14-30(24(21)32)12-11-15-5-3-4-6-19(15)34-2/h3-10,14H,11-13H2,1-2H3. The van der Waals surface area contributed by atoms with Crippen molar-refractivity contribution in [1.29, 1.82) is 0 Å². The first-order valence-electron chi connectivity index (χ1n) is 10.6. The molecule has 3 aromatic heterocycles. The number of halogens is 1. The fraction of sp³-hybridized carbons (Fsp3) is 0.208. The van der Waals surface area contributed by atoms with Crippen molar-refractivity contribution in [3.8, 4) is 16.9 Å². The van der Waals surface area contributed by atoms with Crippen LogP contribution in [0.1, 0.15) is 11.3 Å². The van der Waals surface area contributed by atoms with E-state index in [4.69, 9.17) is 21.1 Å². The molecule has 5 aromatic rings. The van der Waals surface area contributed by atoms with E-state index in [9.17, 15) is 4.79 Å². The minimum Gasteiger partial charge on any atom is -0.496 e. The summed E-state index contributed by atoms with van der Waals surface area (Å²) in [5.41, 5.74) is 3.97. The number of aromatic nitrogens is 6. The van der Waals surface area contributed by atoms with E-state index in [2.05, 4.69) is 20.3 Å². The van der Waals surface area contributed by atoms with Gasteiger partial charge in [-0.25, -0.2) is 4.98 Å². The van der Waals surface area contributed by atoms with Gasteiger partial charge in [0, 0.05) is 18.7 Å². The number of hydrogen-bond donors (Lipinski definition) is 0. The van der Waals surface area contributed by atoms with E-state index in [1.165, 1.54) is 10.9 Å². The summed E-state index contributed by atoms with van der Waals surface area (Å²) in [5.74, 6) is 0.780. The number of rotatable bonds is 7. The van der Waals surface area contributed by atoms with Crippen LogP contribution in [0.4, 0.5) is 0 Å². The van der Waals surface area contributed by atoms with Gasteiger partial charge in [0.05, 0.1) is 25.0 Å². The second-order valence-electron chi connectivity index (χ2n) is 7.67. The largest absolute Gasteiger partial charge is 0.496 e. The molecule has 0 atom stereocenters. The Morgan fingerprint density at radius 2 is 1.79 bits per heavy atom. The average Bonchev–Trinajstić information content (AvgIpc) is 3.23. The topological polar surface area (TPSA) is 96.4 Å². The molecule has 0 amide bonds. The fourth-order valence-corrected chi connectivity index (χ4v) is 4.09. The van der Waals surface area contributed by atoms with Crippen LogP contribution in [0.15, 0.2) is 59.7 Å². The number of fused-ring (bicyclic) bond motifs is 3. The average molecular weight is 477 g/mol. The Labute approximate surface area is 199 Å². The van der Waals surface area contributed by atoms with E-state index in [0.29, 0.717) is 35.0 Å². The molecule has 34 heavy (non-hydrogen) atoms. The summed E-state index contributed by atoms with van der Waals surface area (Å²) >= 11 is 6.06. The molecule has 0 aliphatic rings. The first-order chi connectivity index (χ1) is 16.6. The number of para-hydroxylation sites is 1. The molecular formula is C24H21ClN6O3. The molecule has 0 aliphatic carbocycles. The molecule has 10 heteroatoms. The molecule has 3 heterocycles. The van der Waals surface area contributed by atoms with Crippen LogP contribution in [0, 0.1) is 0 Å². The lowest BCUT2D eigenvalue weighted by atomic mass is 10.1. The van der Waals surface area contributed by atoms with Crippen molar-refractivity contribution >= 4 is 28.4 Å². The van der Waals surface area contributed by atoms with Crippen LogP contribution in [0.2, 0.25) is 5.02 Å². The third-order valence-corrected chi connectivity index (χ3v) is 5.85. The zero-order chi connectivity index (χ0) is 23.7. The molecule has 0 aliphatic heterocycles. The van der Waals surface area contributed by atoms with E-state index in [1.807, 2.05) is 36.4 Å². The monoisotopic (exact) mass is 476 g/mol. The molecule has 2 aromatic carbocycles. The highest BCUT2D eigenvalue weighted by Gasteiger charge is 2.20. The molecule has 0 fully saturated rings. The molecule has 0 saturated carbocycles. The third kappa shape index (κ3) is 3.89. The highest BCUT2D eigenvalue weighted by atomic mass is 35.5. The molecule has 9 nitrogen and oxygen atoms in total. The Bertz CT molecular complexity index is 1540. The van der Waals surface area contributed by atoms with Gasteiger partial charge >= 0.3 is 0 Å². The molecule has 172 valence electrons. The summed E-state index contributed by atoms with van der Waals surface area (Å²) in [5, 5.41) is 13.9. The molecule has 0 spiro atoms. The lowest BCUT2D eigenvalue weighted by Crippen LogP contribution is -2.24. The summed E-state index contributed by atoms with van der Waals surface area (Å²) in [4.78, 5) is 17.7. The SMILES string of the molecule is COCc1nn2c(nnc3c(=O)n(CCc4ccccc4OC)cnc32)c1-c1ccc(Cl)cc1. The van der Waals surface area contributed by atoms with Crippen molar-refractivity contribution < 1.29 is 9.47 Å². The summed E-state index contributed by atoms with van der Waals surface area (Å²) < 4.78 is 13.8. The summed E-state index contributed by atoms with van der Waals surface area (Å²) in [6.07, 6.45) is 2.12. The number of nitrogens with zero attached hydrogens (tertiary/aromatic N) is 6. The van der Waals surface area contributed by atoms with Crippen LogP contribution in [0.3, 0.4) is 0 Å². The van der Waals surface area contributed by atoms with Crippen molar-refractivity contribution in [2.24, 2.45) is 0 Å². The first-order valence-corrected chi connectivity index (χ1v) is 11.0. The zero-order valence-electron chi connectivity index (χ0n) is 18.6. The second kappa shape index (κ2) is 9.20. The van der Waals surface area contributed by atoms with Crippen LogP contribution in [0.5, 0.6) is 5.75 Å². The molecule has 5 rings (SSSR count). The summed E-state index contributed by atoms with van der Waals surface area (Å²) in [6, 6.07) is 15.1. The quantitative estimate of drug-likeness (QED) is 0.354. The van der Waals surface area contributed by atoms with Crippen LogP contribution < -0.4 is 10.3 Å². The Kier molecular flexibility index (Phi) is 5.95. The van der Waals surface area contributed by atoms with Gasteiger partial charge in [0.2, 0.25) is 0 Å². The maximum absolute atomic E-state index is 13.2. The van der Waals surface area contributed by atoms with Gasteiger partial charge in [0.1, 0.15) is 12.1 Å². The maximum atomic E-state index is 13.2. The van der Waals surface area contributed by atoms with Crippen molar-refractivity contribution in [3.63, 3.8) is 0 Å². The van der Waals surface area contributed by atoms with Gasteiger partial charge in [-0.3, -0.25) is 9.36 Å². The molecular weight excluding hydrogens is 456 g/mol. The normalized spacial score (nSPS) is 11.4. The van der Waals surface area contributed by atoms with Gasteiger partial charge in [0.15, 0.2) is 16.8 Å². The van der Waals surface area contributed by atoms with Crippen molar-refractivity contribution in [2.45, 2.75) is 19.6 Å². The van der Waals surface area contributed by atoms with Gasteiger partial charge in [-0.2, -0.15) is 9.61 Å². The van der Waals surface area contributed by atoms with Gasteiger partial charge < -0.3 is 9.47 Å². The van der Waals surface area contributed by atoms with Crippen LogP contribution >= 0.6 is 11.6 Å². The van der Waals surface area contributed by atoms with Crippen LogP contribution in [-0.4, -0.2) is 43.6 Å². The minimum absolute atomic E-state index is 0.143. The van der Waals surface area contributed by atoms with Crippen LogP contribution in [-0.2, 0) is 24.3 Å². The van der Waals surface area contributed by atoms with E-state index in [0.717, 1.165) is 22.4 Å². The molecule has 0 saturated heterocycles. The van der Waals surface area contributed by atoms with Gasteiger partial charge in [-0.1, -0.05) is 41.9 Å². The summed E-state index contributed by atoms with van der Waals surface area (Å²) in [6.45, 7) is 0.685. The highest BCUT2D eigenvalue weighted by Crippen LogP contribution is 2.29. The lowest BCUT2D eigenvalue weighted by molar-refractivity contribution is 0.181. The molecule has 0 radical (unpaired) electrons. The predicted octanol–water partition coefficient (Wildman–Crippen LogP) is 3.55. The number of methoxy groups -OCH3 is 2. The van der Waals surface area contributed by atoms with E-state index in [1.54, 1.807) is 30.9 Å². The van der Waals surface area contributed by atoms with Crippen molar-refractivity contribution in [1.82, 2.24) is 29.4 Å². The fourth-order valence-electron chi connectivity index (χ4n) is 3.96. The molecule has 0 bridgehead atoms. The van der Waals surface area contributed by atoms with Gasteiger partial charge in [0.25, 0.3) is 5.56 Å². The Morgan fingerprint density at radius 1 is 1.00 bits per heavy atom. The number of aryl methyl sites for hydroxylation is 2. The Morgan fingerprint density at radius 3 is 2.56 bits per heavy atom. The maximum Gasteiger partial charge on any atom is 0.283 e. The zero-order valence-corrected chi connectivity index (χ0v) is 19.4. The number of hydrogen-bond acceptors (Lipinski definition) is 7. The smallest absolute Gasteiger partial charge is 0.283 e. The third-order valence-electron chi connectivity index (χ3n) is 5.60. The number of ether oxygens (including phenoxy) is 2. The number of benzene rings is 2. The van der Waals surface area contributed by atoms with Gasteiger partial charge in [-0.05, 0) is 35.7 Å². The highest BCUT2D eigenvalue weighted by molar-refractivity contribution is 6.30. The lowest BCUT2D eigenvalue weighted by Gasteiger charge is -2.10. The van der Waals surface area contributed by atoms with Crippen molar-refractivity contribution in [3.05, 3.63) is 81.5 Å². The van der Waals surface area contributed by atoms with Crippen molar-refractivity contribution in [2.75, 3.05) is 14.2 Å². The van der Waals surface area contributed by atoms with E-state index < -0.39 is 0 Å². The van der Waals surface area contributed by atoms with Gasteiger partial charge in [-0.15, -0.1) is 10.2 Å². The first kappa shape index (κ1) is 22.0. The Hall–Kier alpha value is -3.82. The molecule has 0 N–H and O–H groups in total. The minimum atomic E-state index is -0.286. The summed E-state index contributed by atoms with van der Waals surface area (Å²) in [7, 11) is 3.22. The predicted molar refractivity (Wildman–Crippen MR) is 128 cm³/mol.